The van der Waals surface area contributed by atoms with Gasteiger partial charge >= 0.3 is 0 Å². The van der Waals surface area contributed by atoms with E-state index in [9.17, 15) is 4.79 Å². The Morgan fingerprint density at radius 3 is 2.61 bits per heavy atom. The number of hydrogen-bond donors (Lipinski definition) is 1. The van der Waals surface area contributed by atoms with E-state index >= 15 is 0 Å². The van der Waals surface area contributed by atoms with E-state index in [2.05, 4.69) is 17.4 Å². The monoisotopic (exact) mass is 312 g/mol. The molecule has 1 heterocycles. The van der Waals surface area contributed by atoms with E-state index in [1.807, 2.05) is 42.1 Å². The number of nitrogens with zero attached hydrogens (tertiary/aromatic N) is 1. The van der Waals surface area contributed by atoms with E-state index in [0.29, 0.717) is 12.2 Å². The van der Waals surface area contributed by atoms with Gasteiger partial charge in [-0.2, -0.15) is 0 Å². The van der Waals surface area contributed by atoms with Gasteiger partial charge in [-0.15, -0.1) is 0 Å². The Balaban J connectivity index is 1.82. The summed E-state index contributed by atoms with van der Waals surface area (Å²) in [6, 6.07) is 11.9. The third kappa shape index (κ3) is 2.98. The van der Waals surface area contributed by atoms with Crippen molar-refractivity contribution in [1.82, 2.24) is 9.88 Å². The van der Waals surface area contributed by atoms with E-state index in [1.54, 1.807) is 7.11 Å². The summed E-state index contributed by atoms with van der Waals surface area (Å²) in [5.74, 6) is 0.904. The quantitative estimate of drug-likeness (QED) is 0.921. The number of amides is 1. The Morgan fingerprint density at radius 2 is 1.96 bits per heavy atom. The molecule has 0 saturated heterocycles. The van der Waals surface area contributed by atoms with Crippen LogP contribution in [0.5, 0.6) is 5.75 Å². The van der Waals surface area contributed by atoms with E-state index in [4.69, 9.17) is 4.74 Å². The molecule has 4 nitrogen and oxygen atoms in total. The molecule has 0 atom stereocenters. The molecule has 1 aliphatic carbocycles. The summed E-state index contributed by atoms with van der Waals surface area (Å²) in [6.07, 6.45) is 6.44. The zero-order valence-electron chi connectivity index (χ0n) is 13.8. The zero-order valence-corrected chi connectivity index (χ0v) is 13.8. The summed E-state index contributed by atoms with van der Waals surface area (Å²) >= 11 is 0. The molecule has 0 bridgehead atoms. The van der Waals surface area contributed by atoms with Crippen molar-refractivity contribution in [3.05, 3.63) is 53.9 Å². The number of aromatic nitrogens is 1. The maximum atomic E-state index is 12.4. The highest BCUT2D eigenvalue weighted by molar-refractivity contribution is 5.92. The number of para-hydroxylation sites is 1. The van der Waals surface area contributed by atoms with Crippen LogP contribution < -0.4 is 10.1 Å². The van der Waals surface area contributed by atoms with Gasteiger partial charge < -0.3 is 14.6 Å². The topological polar surface area (TPSA) is 43.3 Å². The Labute approximate surface area is 137 Å². The van der Waals surface area contributed by atoms with Crippen LogP contribution in [0.2, 0.25) is 0 Å². The van der Waals surface area contributed by atoms with Gasteiger partial charge in [0, 0.05) is 30.8 Å². The summed E-state index contributed by atoms with van der Waals surface area (Å²) in [7, 11) is 3.60. The molecule has 3 rings (SSSR count). The van der Waals surface area contributed by atoms with Gasteiger partial charge in [-0.3, -0.25) is 4.79 Å². The Kier molecular flexibility index (Phi) is 4.42. The van der Waals surface area contributed by atoms with Gasteiger partial charge in [0.1, 0.15) is 11.4 Å². The molecular formula is C19H24N2O2. The van der Waals surface area contributed by atoms with Gasteiger partial charge in [-0.05, 0) is 31.0 Å². The van der Waals surface area contributed by atoms with E-state index in [0.717, 1.165) is 18.6 Å². The number of aryl methyl sites for hydroxylation is 1. The fourth-order valence-corrected chi connectivity index (χ4v) is 3.71. The van der Waals surface area contributed by atoms with E-state index in [-0.39, 0.29) is 11.3 Å². The predicted octanol–water partition coefficient (Wildman–Crippen LogP) is 3.28. The molecule has 1 amide bonds. The normalized spacial score (nSPS) is 16.3. The smallest absolute Gasteiger partial charge is 0.267 e. The molecule has 122 valence electrons. The van der Waals surface area contributed by atoms with Gasteiger partial charge in [-0.25, -0.2) is 0 Å². The second kappa shape index (κ2) is 6.49. The van der Waals surface area contributed by atoms with Crippen molar-refractivity contribution in [3.63, 3.8) is 0 Å². The molecule has 0 aliphatic heterocycles. The molecule has 0 radical (unpaired) electrons. The maximum Gasteiger partial charge on any atom is 0.267 e. The number of hydrogen-bond acceptors (Lipinski definition) is 2. The van der Waals surface area contributed by atoms with Crippen molar-refractivity contribution in [1.29, 1.82) is 0 Å². The number of benzene rings is 1. The number of carbonyl (C=O) groups is 1. The Bertz CT molecular complexity index is 684. The number of ether oxygens (including phenoxy) is 1. The molecule has 1 fully saturated rings. The fraction of sp³-hybridized carbons (Fsp3) is 0.421. The van der Waals surface area contributed by atoms with Crippen molar-refractivity contribution in [2.45, 2.75) is 31.1 Å². The molecule has 4 heteroatoms. The van der Waals surface area contributed by atoms with Gasteiger partial charge in [0.15, 0.2) is 0 Å². The SMILES string of the molecule is COc1ccccc1C1(CNC(=O)c2cccn2C)CCCC1. The van der Waals surface area contributed by atoms with Crippen LogP contribution >= 0.6 is 0 Å². The van der Waals surface area contributed by atoms with Crippen LogP contribution in [0.1, 0.15) is 41.7 Å². The highest BCUT2D eigenvalue weighted by Crippen LogP contribution is 2.44. The van der Waals surface area contributed by atoms with Crippen LogP contribution in [0.15, 0.2) is 42.6 Å². The minimum Gasteiger partial charge on any atom is -0.496 e. The largest absolute Gasteiger partial charge is 0.496 e. The highest BCUT2D eigenvalue weighted by atomic mass is 16.5. The molecule has 1 N–H and O–H groups in total. The van der Waals surface area contributed by atoms with Gasteiger partial charge in [0.05, 0.1) is 7.11 Å². The minimum absolute atomic E-state index is 0.0151. The van der Waals surface area contributed by atoms with Gasteiger partial charge in [-0.1, -0.05) is 31.0 Å². The second-order valence-corrected chi connectivity index (χ2v) is 6.37. The molecule has 23 heavy (non-hydrogen) atoms. The first-order valence-corrected chi connectivity index (χ1v) is 8.19. The average molecular weight is 312 g/mol. The first kappa shape index (κ1) is 15.7. The first-order valence-electron chi connectivity index (χ1n) is 8.19. The van der Waals surface area contributed by atoms with E-state index in [1.165, 1.54) is 18.4 Å². The third-order valence-electron chi connectivity index (χ3n) is 5.00. The lowest BCUT2D eigenvalue weighted by molar-refractivity contribution is 0.0934. The van der Waals surface area contributed by atoms with Crippen LogP contribution in [-0.4, -0.2) is 24.1 Å². The summed E-state index contributed by atoms with van der Waals surface area (Å²) in [4.78, 5) is 12.4. The summed E-state index contributed by atoms with van der Waals surface area (Å²) in [5.41, 5.74) is 1.89. The van der Waals surface area contributed by atoms with Crippen LogP contribution in [0.25, 0.3) is 0 Å². The number of carbonyl (C=O) groups excluding carboxylic acids is 1. The lowest BCUT2D eigenvalue weighted by atomic mass is 9.78. The average Bonchev–Trinajstić information content (AvgIpc) is 3.22. The maximum absolute atomic E-state index is 12.4. The van der Waals surface area contributed by atoms with Gasteiger partial charge in [0.2, 0.25) is 0 Å². The van der Waals surface area contributed by atoms with Crippen molar-refractivity contribution < 1.29 is 9.53 Å². The van der Waals surface area contributed by atoms with Crippen LogP contribution in [0, 0.1) is 0 Å². The molecule has 1 aromatic heterocycles. The molecule has 0 spiro atoms. The molecule has 1 aromatic carbocycles. The Hall–Kier alpha value is -2.23. The number of methoxy groups -OCH3 is 1. The number of rotatable bonds is 5. The molecule has 2 aromatic rings. The van der Waals surface area contributed by atoms with Crippen LogP contribution in [-0.2, 0) is 12.5 Å². The summed E-state index contributed by atoms with van der Waals surface area (Å²) in [6.45, 7) is 0.650. The highest BCUT2D eigenvalue weighted by Gasteiger charge is 2.38. The lowest BCUT2D eigenvalue weighted by Gasteiger charge is -2.31. The predicted molar refractivity (Wildman–Crippen MR) is 90.9 cm³/mol. The molecular weight excluding hydrogens is 288 g/mol. The van der Waals surface area contributed by atoms with Crippen molar-refractivity contribution in [3.8, 4) is 5.75 Å². The van der Waals surface area contributed by atoms with Crippen molar-refractivity contribution in [2.75, 3.05) is 13.7 Å². The standard InChI is InChI=1S/C19H24N2O2/c1-21-13-7-9-16(21)18(22)20-14-19(11-5-6-12-19)15-8-3-4-10-17(15)23-2/h3-4,7-10,13H,5-6,11-12,14H2,1-2H3,(H,20,22). The summed E-state index contributed by atoms with van der Waals surface area (Å²) < 4.78 is 7.41. The zero-order chi connectivity index (χ0) is 16.3. The van der Waals surface area contributed by atoms with Crippen LogP contribution in [0.3, 0.4) is 0 Å². The Morgan fingerprint density at radius 1 is 1.22 bits per heavy atom. The molecule has 1 saturated carbocycles. The first-order chi connectivity index (χ1) is 11.2. The van der Waals surface area contributed by atoms with Gasteiger partial charge in [0.25, 0.3) is 5.91 Å². The molecule has 1 aliphatic rings. The van der Waals surface area contributed by atoms with E-state index < -0.39 is 0 Å². The van der Waals surface area contributed by atoms with Crippen molar-refractivity contribution >= 4 is 5.91 Å². The molecule has 0 unspecified atom stereocenters. The lowest BCUT2D eigenvalue weighted by Crippen LogP contribution is -2.39. The second-order valence-electron chi connectivity index (χ2n) is 6.37. The van der Waals surface area contributed by atoms with Crippen LogP contribution in [0.4, 0.5) is 0 Å². The minimum atomic E-state index is -0.0204. The van der Waals surface area contributed by atoms with Crippen molar-refractivity contribution in [2.24, 2.45) is 7.05 Å². The number of nitrogens with one attached hydrogen (secondary N) is 1. The summed E-state index contributed by atoms with van der Waals surface area (Å²) in [5, 5.41) is 3.14. The third-order valence-corrected chi connectivity index (χ3v) is 5.00. The fourth-order valence-electron chi connectivity index (χ4n) is 3.71.